The van der Waals surface area contributed by atoms with E-state index in [1.165, 1.54) is 0 Å². The van der Waals surface area contributed by atoms with Crippen molar-refractivity contribution in [2.75, 3.05) is 25.2 Å². The third-order valence-corrected chi connectivity index (χ3v) is 2.04. The van der Waals surface area contributed by atoms with Gasteiger partial charge in [-0.05, 0) is 12.7 Å². The minimum absolute atomic E-state index is 0.0707. The van der Waals surface area contributed by atoms with E-state index in [9.17, 15) is 13.2 Å². The Morgan fingerprint density at radius 1 is 1.46 bits per heavy atom. The summed E-state index contributed by atoms with van der Waals surface area (Å²) in [6, 6.07) is -0.0803. The highest BCUT2D eigenvalue weighted by molar-refractivity contribution is 7.98. The minimum atomic E-state index is -4.23. The van der Waals surface area contributed by atoms with E-state index >= 15 is 0 Å². The molecule has 6 heteroatoms. The third-order valence-electron chi connectivity index (χ3n) is 1.28. The maximum atomic E-state index is 11.6. The van der Waals surface area contributed by atoms with Crippen molar-refractivity contribution >= 4 is 11.8 Å². The molecule has 0 radical (unpaired) electrons. The van der Waals surface area contributed by atoms with Gasteiger partial charge in [-0.3, -0.25) is 0 Å². The Kier molecular flexibility index (Phi) is 6.53. The summed E-state index contributed by atoms with van der Waals surface area (Å²) in [4.78, 5) is 0. The number of ether oxygens (including phenoxy) is 1. The average Bonchev–Trinajstić information content (AvgIpc) is 1.97. The smallest absolute Gasteiger partial charge is 0.372 e. The fourth-order valence-electron chi connectivity index (χ4n) is 0.720. The normalized spacial score (nSPS) is 14.5. The fourth-order valence-corrected chi connectivity index (χ4v) is 1.31. The van der Waals surface area contributed by atoms with E-state index in [0.29, 0.717) is 6.42 Å². The monoisotopic (exact) mass is 217 g/mol. The van der Waals surface area contributed by atoms with Crippen molar-refractivity contribution in [1.82, 2.24) is 0 Å². The van der Waals surface area contributed by atoms with Crippen LogP contribution in [0.3, 0.4) is 0 Å². The van der Waals surface area contributed by atoms with Crippen LogP contribution in [0.1, 0.15) is 6.42 Å². The topological polar surface area (TPSA) is 35.2 Å². The van der Waals surface area contributed by atoms with Gasteiger partial charge in [-0.15, -0.1) is 0 Å². The Labute approximate surface area is 80.0 Å². The molecule has 1 unspecified atom stereocenters. The standard InChI is InChI=1S/C7H14F3NOS/c1-13-4-6(11)2-3-12-5-7(8,9)10/h6H,2-5,11H2,1H3. The fraction of sp³-hybridized carbons (Fsp3) is 1.00. The average molecular weight is 217 g/mol. The third kappa shape index (κ3) is 9.98. The first kappa shape index (κ1) is 13.1. The second kappa shape index (κ2) is 6.50. The summed E-state index contributed by atoms with van der Waals surface area (Å²) in [6.07, 6.45) is -1.86. The molecule has 2 nitrogen and oxygen atoms in total. The number of rotatable bonds is 6. The van der Waals surface area contributed by atoms with Crippen molar-refractivity contribution in [1.29, 1.82) is 0 Å². The predicted octanol–water partition coefficient (Wildman–Crippen LogP) is 1.65. The molecule has 0 spiro atoms. The summed E-state index contributed by atoms with van der Waals surface area (Å²) in [6.45, 7) is -1.11. The molecular formula is C7H14F3NOS. The van der Waals surface area contributed by atoms with Gasteiger partial charge in [-0.1, -0.05) is 0 Å². The van der Waals surface area contributed by atoms with E-state index in [-0.39, 0.29) is 12.6 Å². The van der Waals surface area contributed by atoms with Crippen LogP contribution < -0.4 is 5.73 Å². The van der Waals surface area contributed by atoms with Crippen molar-refractivity contribution in [3.8, 4) is 0 Å². The zero-order chi connectivity index (χ0) is 10.3. The highest BCUT2D eigenvalue weighted by Crippen LogP contribution is 2.14. The van der Waals surface area contributed by atoms with Gasteiger partial charge < -0.3 is 10.5 Å². The van der Waals surface area contributed by atoms with Crippen LogP contribution in [0.2, 0.25) is 0 Å². The van der Waals surface area contributed by atoms with Crippen LogP contribution in [0.5, 0.6) is 0 Å². The lowest BCUT2D eigenvalue weighted by Gasteiger charge is -2.11. The van der Waals surface area contributed by atoms with Crippen LogP contribution >= 0.6 is 11.8 Å². The second-order valence-corrected chi connectivity index (χ2v) is 3.58. The van der Waals surface area contributed by atoms with E-state index in [2.05, 4.69) is 4.74 Å². The number of hydrogen-bond acceptors (Lipinski definition) is 3. The minimum Gasteiger partial charge on any atom is -0.372 e. The molecule has 0 aromatic carbocycles. The number of nitrogens with two attached hydrogens (primary N) is 1. The Morgan fingerprint density at radius 3 is 2.54 bits per heavy atom. The number of halogens is 3. The Balaban J connectivity index is 3.25. The molecule has 0 saturated heterocycles. The van der Waals surface area contributed by atoms with Gasteiger partial charge in [0.15, 0.2) is 0 Å². The van der Waals surface area contributed by atoms with Gasteiger partial charge in [0, 0.05) is 18.4 Å². The van der Waals surface area contributed by atoms with E-state index in [0.717, 1.165) is 5.75 Å². The highest BCUT2D eigenvalue weighted by atomic mass is 32.2. The van der Waals surface area contributed by atoms with Crippen LogP contribution in [0.25, 0.3) is 0 Å². The van der Waals surface area contributed by atoms with E-state index in [1.807, 2.05) is 6.26 Å². The quantitative estimate of drug-likeness (QED) is 0.687. The molecule has 0 aromatic heterocycles. The predicted molar refractivity (Wildman–Crippen MR) is 47.8 cm³/mol. The van der Waals surface area contributed by atoms with Gasteiger partial charge in [-0.2, -0.15) is 24.9 Å². The Bertz CT molecular complexity index is 131. The first-order valence-electron chi connectivity index (χ1n) is 3.84. The van der Waals surface area contributed by atoms with Crippen molar-refractivity contribution in [2.45, 2.75) is 18.6 Å². The van der Waals surface area contributed by atoms with Gasteiger partial charge in [-0.25, -0.2) is 0 Å². The largest absolute Gasteiger partial charge is 0.411 e. The van der Waals surface area contributed by atoms with Crippen LogP contribution in [0.4, 0.5) is 13.2 Å². The lowest BCUT2D eigenvalue weighted by molar-refractivity contribution is -0.174. The summed E-state index contributed by atoms with van der Waals surface area (Å²) >= 11 is 1.57. The van der Waals surface area contributed by atoms with E-state index in [1.54, 1.807) is 11.8 Å². The van der Waals surface area contributed by atoms with Gasteiger partial charge in [0.1, 0.15) is 6.61 Å². The molecule has 13 heavy (non-hydrogen) atoms. The van der Waals surface area contributed by atoms with Gasteiger partial charge in [0.2, 0.25) is 0 Å². The van der Waals surface area contributed by atoms with E-state index < -0.39 is 12.8 Å². The molecule has 0 aliphatic rings. The Morgan fingerprint density at radius 2 is 2.08 bits per heavy atom. The SMILES string of the molecule is CSCC(N)CCOCC(F)(F)F. The molecule has 80 valence electrons. The van der Waals surface area contributed by atoms with Crippen LogP contribution in [-0.2, 0) is 4.74 Å². The van der Waals surface area contributed by atoms with Crippen molar-refractivity contribution in [3.05, 3.63) is 0 Å². The van der Waals surface area contributed by atoms with Gasteiger partial charge in [0.25, 0.3) is 0 Å². The number of alkyl halides is 3. The molecule has 2 N–H and O–H groups in total. The van der Waals surface area contributed by atoms with Crippen molar-refractivity contribution < 1.29 is 17.9 Å². The molecular weight excluding hydrogens is 203 g/mol. The lowest BCUT2D eigenvalue weighted by Crippen LogP contribution is -2.26. The molecule has 0 aromatic rings. The molecule has 1 atom stereocenters. The van der Waals surface area contributed by atoms with Crippen LogP contribution in [0.15, 0.2) is 0 Å². The molecule has 0 aliphatic carbocycles. The van der Waals surface area contributed by atoms with Gasteiger partial charge in [0.05, 0.1) is 0 Å². The summed E-state index contributed by atoms with van der Waals surface area (Å²) < 4.78 is 39.1. The molecule has 0 rings (SSSR count). The van der Waals surface area contributed by atoms with Gasteiger partial charge >= 0.3 is 6.18 Å². The molecule has 0 saturated carbocycles. The maximum absolute atomic E-state index is 11.6. The Hall–Kier alpha value is 0.0600. The summed E-state index contributed by atoms with van der Waals surface area (Å²) in [5.74, 6) is 0.745. The number of hydrogen-bond donors (Lipinski definition) is 1. The van der Waals surface area contributed by atoms with Crippen LogP contribution in [0, 0.1) is 0 Å². The zero-order valence-corrected chi connectivity index (χ0v) is 8.25. The summed E-state index contributed by atoms with van der Waals surface area (Å²) in [5, 5.41) is 0. The lowest BCUT2D eigenvalue weighted by atomic mass is 10.3. The molecule has 0 aliphatic heterocycles. The molecule has 0 heterocycles. The molecule has 0 bridgehead atoms. The first-order chi connectivity index (χ1) is 5.95. The summed E-state index contributed by atoms with van der Waals surface area (Å²) in [5.41, 5.74) is 5.55. The number of thioether (sulfide) groups is 1. The molecule has 0 fully saturated rings. The van der Waals surface area contributed by atoms with E-state index in [4.69, 9.17) is 5.73 Å². The van der Waals surface area contributed by atoms with Crippen molar-refractivity contribution in [3.63, 3.8) is 0 Å². The summed E-state index contributed by atoms with van der Waals surface area (Å²) in [7, 11) is 0. The van der Waals surface area contributed by atoms with Crippen molar-refractivity contribution in [2.24, 2.45) is 5.73 Å². The maximum Gasteiger partial charge on any atom is 0.411 e. The first-order valence-corrected chi connectivity index (χ1v) is 5.24. The molecule has 0 amide bonds. The van der Waals surface area contributed by atoms with Crippen LogP contribution in [-0.4, -0.2) is 37.4 Å². The second-order valence-electron chi connectivity index (χ2n) is 2.67. The highest BCUT2D eigenvalue weighted by Gasteiger charge is 2.27. The zero-order valence-electron chi connectivity index (χ0n) is 7.43.